The number of esters is 1. The van der Waals surface area contributed by atoms with E-state index in [2.05, 4.69) is 10.3 Å². The van der Waals surface area contributed by atoms with E-state index in [0.29, 0.717) is 5.92 Å². The van der Waals surface area contributed by atoms with Crippen LogP contribution in [-0.2, 0) is 14.3 Å². The molecule has 0 unspecified atom stereocenters. The lowest BCUT2D eigenvalue weighted by Gasteiger charge is -2.34. The van der Waals surface area contributed by atoms with Gasteiger partial charge < -0.3 is 14.7 Å². The second kappa shape index (κ2) is 6.40. The molecule has 1 aromatic rings. The van der Waals surface area contributed by atoms with Crippen LogP contribution >= 0.6 is 0 Å². The smallest absolute Gasteiger partial charge is 0.328 e. The maximum absolute atomic E-state index is 13.3. The molecule has 138 valence electrons. The van der Waals surface area contributed by atoms with Crippen LogP contribution in [0.15, 0.2) is 6.20 Å². The number of aliphatic hydroxyl groups is 1. The monoisotopic (exact) mass is 350 g/mol. The van der Waals surface area contributed by atoms with Crippen LogP contribution < -0.4 is 0 Å². The number of aliphatic hydroxyl groups excluding tert-OH is 1. The van der Waals surface area contributed by atoms with E-state index in [9.17, 15) is 14.7 Å². The van der Waals surface area contributed by atoms with E-state index in [4.69, 9.17) is 4.74 Å². The van der Waals surface area contributed by atoms with Crippen LogP contribution in [0.3, 0.4) is 0 Å². The molecular weight excluding hydrogens is 324 g/mol. The van der Waals surface area contributed by atoms with Crippen molar-refractivity contribution >= 4 is 11.9 Å². The quantitative estimate of drug-likeness (QED) is 0.810. The zero-order chi connectivity index (χ0) is 18.4. The molecule has 2 aliphatic rings. The van der Waals surface area contributed by atoms with Gasteiger partial charge in [-0.25, -0.2) is 9.48 Å². The van der Waals surface area contributed by atoms with Crippen LogP contribution in [0.5, 0.6) is 0 Å². The Hall–Kier alpha value is -1.96. The van der Waals surface area contributed by atoms with Gasteiger partial charge in [0.15, 0.2) is 0 Å². The van der Waals surface area contributed by atoms with Crippen LogP contribution in [0.4, 0.5) is 0 Å². The van der Waals surface area contributed by atoms with Crippen molar-refractivity contribution in [3.8, 4) is 0 Å². The van der Waals surface area contributed by atoms with Gasteiger partial charge in [-0.15, -0.1) is 5.10 Å². The molecule has 2 fully saturated rings. The Morgan fingerprint density at radius 2 is 2.04 bits per heavy atom. The van der Waals surface area contributed by atoms with Crippen molar-refractivity contribution < 1.29 is 19.4 Å². The third kappa shape index (κ3) is 3.53. The van der Waals surface area contributed by atoms with Crippen molar-refractivity contribution in [2.75, 3.05) is 13.7 Å². The second-order valence-electron chi connectivity index (χ2n) is 8.09. The highest BCUT2D eigenvalue weighted by Gasteiger charge is 2.45. The molecule has 3 rings (SSSR count). The Morgan fingerprint density at radius 1 is 1.36 bits per heavy atom. The number of carbonyl (C=O) groups is 2. The molecular formula is C17H26N4O4. The van der Waals surface area contributed by atoms with E-state index in [1.807, 2.05) is 27.0 Å². The van der Waals surface area contributed by atoms with Gasteiger partial charge in [-0.05, 0) is 18.3 Å². The molecule has 0 bridgehead atoms. The number of carbonyl (C=O) groups excluding carboxylic acids is 2. The van der Waals surface area contributed by atoms with Gasteiger partial charge in [-0.3, -0.25) is 4.79 Å². The van der Waals surface area contributed by atoms with Crippen LogP contribution in [0, 0.1) is 5.41 Å². The highest BCUT2D eigenvalue weighted by atomic mass is 16.5. The summed E-state index contributed by atoms with van der Waals surface area (Å²) < 4.78 is 6.41. The molecule has 1 saturated carbocycles. The van der Waals surface area contributed by atoms with E-state index in [0.717, 1.165) is 18.5 Å². The number of aromatic nitrogens is 3. The Kier molecular flexibility index (Phi) is 4.57. The Bertz CT molecular complexity index is 662. The molecule has 25 heavy (non-hydrogen) atoms. The number of hydrogen-bond donors (Lipinski definition) is 1. The summed E-state index contributed by atoms with van der Waals surface area (Å²) >= 11 is 0. The van der Waals surface area contributed by atoms with Crippen LogP contribution in [0.2, 0.25) is 0 Å². The van der Waals surface area contributed by atoms with E-state index in [-0.39, 0.29) is 18.9 Å². The first kappa shape index (κ1) is 17.8. The predicted octanol–water partition coefficient (Wildman–Crippen LogP) is 0.877. The zero-order valence-corrected chi connectivity index (χ0v) is 15.2. The minimum Gasteiger partial charge on any atom is -0.467 e. The normalized spacial score (nSPS) is 25.1. The third-order valence-corrected chi connectivity index (χ3v) is 4.88. The average Bonchev–Trinajstić information content (AvgIpc) is 3.15. The highest BCUT2D eigenvalue weighted by Crippen LogP contribution is 2.40. The summed E-state index contributed by atoms with van der Waals surface area (Å²) in [7, 11) is 1.29. The molecule has 0 aromatic carbocycles. The van der Waals surface area contributed by atoms with Crippen molar-refractivity contribution in [2.45, 2.75) is 64.1 Å². The van der Waals surface area contributed by atoms with Gasteiger partial charge in [0.25, 0.3) is 0 Å². The van der Waals surface area contributed by atoms with Crippen LogP contribution in [-0.4, -0.2) is 62.7 Å². The summed E-state index contributed by atoms with van der Waals surface area (Å²) in [5.41, 5.74) is 0.479. The average molecular weight is 350 g/mol. The second-order valence-corrected chi connectivity index (χ2v) is 8.09. The lowest BCUT2D eigenvalue weighted by atomic mass is 9.85. The number of methoxy groups -OCH3 is 1. The van der Waals surface area contributed by atoms with Crippen LogP contribution in [0.1, 0.15) is 57.7 Å². The number of rotatable bonds is 4. The number of ether oxygens (including phenoxy) is 1. The molecule has 8 heteroatoms. The fourth-order valence-electron chi connectivity index (χ4n) is 3.44. The van der Waals surface area contributed by atoms with Crippen LogP contribution in [0.25, 0.3) is 0 Å². The Labute approximate surface area is 147 Å². The minimum absolute atomic E-state index is 0.120. The highest BCUT2D eigenvalue weighted by molar-refractivity contribution is 5.87. The number of amides is 1. The summed E-state index contributed by atoms with van der Waals surface area (Å²) in [6.07, 6.45) is 3.52. The maximum Gasteiger partial charge on any atom is 0.328 e. The number of likely N-dealkylation sites (tertiary alicyclic amines) is 1. The maximum atomic E-state index is 13.3. The van der Waals surface area contributed by atoms with Gasteiger partial charge in [-0.1, -0.05) is 26.0 Å². The lowest BCUT2D eigenvalue weighted by Crippen LogP contribution is -2.48. The largest absolute Gasteiger partial charge is 0.467 e. The van der Waals surface area contributed by atoms with Gasteiger partial charge in [0.05, 0.1) is 18.9 Å². The van der Waals surface area contributed by atoms with E-state index < -0.39 is 29.6 Å². The number of hydrogen-bond acceptors (Lipinski definition) is 6. The van der Waals surface area contributed by atoms with Crippen molar-refractivity contribution in [1.29, 1.82) is 0 Å². The van der Waals surface area contributed by atoms with Crippen molar-refractivity contribution in [1.82, 2.24) is 19.9 Å². The number of β-amino-alcohol motifs (C(OH)–C–C–N with tert-alkyl or cyclic N) is 1. The molecule has 2 heterocycles. The predicted molar refractivity (Wildman–Crippen MR) is 88.6 cm³/mol. The van der Waals surface area contributed by atoms with Gasteiger partial charge in [0, 0.05) is 25.1 Å². The molecule has 3 atom stereocenters. The summed E-state index contributed by atoms with van der Waals surface area (Å²) in [5, 5.41) is 18.4. The Morgan fingerprint density at radius 3 is 2.60 bits per heavy atom. The summed E-state index contributed by atoms with van der Waals surface area (Å²) in [5.74, 6) is -0.303. The first-order valence-electron chi connectivity index (χ1n) is 8.70. The molecule has 1 aliphatic heterocycles. The SMILES string of the molecule is COC(=O)[C@@H]1C[C@@H](O)CN1C(=O)[C@@H](n1cc(C2CC2)nn1)C(C)(C)C. The molecule has 1 aromatic heterocycles. The molecule has 1 amide bonds. The molecule has 1 saturated heterocycles. The molecule has 8 nitrogen and oxygen atoms in total. The Balaban J connectivity index is 1.89. The summed E-state index contributed by atoms with van der Waals surface area (Å²) in [6.45, 7) is 5.98. The first-order valence-corrected chi connectivity index (χ1v) is 8.70. The van der Waals surface area contributed by atoms with E-state index in [1.165, 1.54) is 12.0 Å². The van der Waals surface area contributed by atoms with Gasteiger partial charge in [-0.2, -0.15) is 0 Å². The topological polar surface area (TPSA) is 97.6 Å². The summed E-state index contributed by atoms with van der Waals surface area (Å²) in [4.78, 5) is 26.7. The minimum atomic E-state index is -0.760. The summed E-state index contributed by atoms with van der Waals surface area (Å²) in [6, 6.07) is -1.37. The molecule has 0 radical (unpaired) electrons. The number of nitrogens with zero attached hydrogens (tertiary/aromatic N) is 4. The van der Waals surface area contributed by atoms with Crippen molar-refractivity contribution in [3.63, 3.8) is 0 Å². The lowest BCUT2D eigenvalue weighted by molar-refractivity contribution is -0.153. The fraction of sp³-hybridized carbons (Fsp3) is 0.765. The van der Waals surface area contributed by atoms with Crippen molar-refractivity contribution in [3.05, 3.63) is 11.9 Å². The molecule has 1 N–H and O–H groups in total. The standard InChI is InChI=1S/C17H26N4O4/c1-17(2,3)14(21-9-12(18-19-21)10-5-6-10)15(23)20-8-11(22)7-13(20)16(24)25-4/h9-11,13-14,22H,5-8H2,1-4H3/t11-,13+,14-/m1/s1. The van der Waals surface area contributed by atoms with E-state index in [1.54, 1.807) is 4.68 Å². The van der Waals surface area contributed by atoms with Gasteiger partial charge >= 0.3 is 5.97 Å². The fourth-order valence-corrected chi connectivity index (χ4v) is 3.44. The first-order chi connectivity index (χ1) is 11.7. The van der Waals surface area contributed by atoms with Gasteiger partial charge in [0.1, 0.15) is 12.1 Å². The molecule has 1 aliphatic carbocycles. The zero-order valence-electron chi connectivity index (χ0n) is 15.2. The third-order valence-electron chi connectivity index (χ3n) is 4.88. The molecule has 0 spiro atoms. The van der Waals surface area contributed by atoms with Gasteiger partial charge in [0.2, 0.25) is 5.91 Å². The van der Waals surface area contributed by atoms with E-state index >= 15 is 0 Å². The van der Waals surface area contributed by atoms with Crippen molar-refractivity contribution in [2.24, 2.45) is 5.41 Å².